The van der Waals surface area contributed by atoms with E-state index in [4.69, 9.17) is 9.47 Å². The normalized spacial score (nSPS) is 29.2. The first kappa shape index (κ1) is 16.9. The van der Waals surface area contributed by atoms with Gasteiger partial charge < -0.3 is 20.1 Å². The second kappa shape index (κ2) is 6.96. The Labute approximate surface area is 149 Å². The van der Waals surface area contributed by atoms with Gasteiger partial charge in [-0.25, -0.2) is 0 Å². The van der Waals surface area contributed by atoms with Gasteiger partial charge >= 0.3 is 0 Å². The van der Waals surface area contributed by atoms with Crippen molar-refractivity contribution in [2.45, 2.75) is 51.2 Å². The van der Waals surface area contributed by atoms with E-state index in [0.29, 0.717) is 30.1 Å². The number of carbonyl (C=O) groups is 1. The third kappa shape index (κ3) is 3.15. The molecule has 1 aliphatic heterocycles. The fourth-order valence-corrected chi connectivity index (χ4v) is 5.26. The second-order valence-corrected chi connectivity index (χ2v) is 7.67. The van der Waals surface area contributed by atoms with Crippen LogP contribution in [-0.2, 0) is 9.53 Å². The summed E-state index contributed by atoms with van der Waals surface area (Å²) in [5.74, 6) is 1.42. The van der Waals surface area contributed by atoms with Crippen LogP contribution in [0.25, 0.3) is 0 Å². The molecule has 0 aromatic heterocycles. The molecular formula is C20H28N2O3. The predicted molar refractivity (Wildman–Crippen MR) is 96.8 cm³/mol. The third-order valence-electron chi connectivity index (χ3n) is 6.18. The van der Waals surface area contributed by atoms with Crippen molar-refractivity contribution in [3.8, 4) is 5.75 Å². The lowest BCUT2D eigenvalue weighted by Crippen LogP contribution is -2.67. The number of fused-ring (bicyclic) bond motifs is 2. The van der Waals surface area contributed by atoms with Crippen molar-refractivity contribution in [1.82, 2.24) is 5.32 Å². The van der Waals surface area contributed by atoms with E-state index in [1.807, 2.05) is 24.3 Å². The highest BCUT2D eigenvalue weighted by Gasteiger charge is 2.64. The molecular weight excluding hydrogens is 316 g/mol. The molecule has 0 radical (unpaired) electrons. The van der Waals surface area contributed by atoms with Crippen LogP contribution in [-0.4, -0.2) is 37.8 Å². The van der Waals surface area contributed by atoms with Crippen LogP contribution in [0, 0.1) is 11.3 Å². The molecule has 2 saturated carbocycles. The number of carbonyl (C=O) groups excluding carboxylic acids is 1. The molecule has 1 heterocycles. The van der Waals surface area contributed by atoms with Crippen molar-refractivity contribution in [3.05, 3.63) is 24.3 Å². The molecule has 3 aliphatic rings. The molecule has 0 unspecified atom stereocenters. The number of benzene rings is 1. The van der Waals surface area contributed by atoms with Gasteiger partial charge in [0.05, 0.1) is 6.10 Å². The van der Waals surface area contributed by atoms with Crippen LogP contribution in [0.15, 0.2) is 24.3 Å². The summed E-state index contributed by atoms with van der Waals surface area (Å²) in [6.45, 7) is 3.92. The zero-order chi connectivity index (χ0) is 17.3. The SMILES string of the molecule is CC(=O)Nc1cccc(OCCN[C@@H]2[C@@H]3CCO[C@@H]3C23CCCC3)c1. The number of hydrogen-bond donors (Lipinski definition) is 2. The second-order valence-electron chi connectivity index (χ2n) is 7.67. The molecule has 1 amide bonds. The van der Waals surface area contributed by atoms with Gasteiger partial charge in [-0.05, 0) is 31.4 Å². The largest absolute Gasteiger partial charge is 0.492 e. The lowest BCUT2D eigenvalue weighted by atomic mass is 9.54. The smallest absolute Gasteiger partial charge is 0.221 e. The minimum atomic E-state index is -0.0704. The van der Waals surface area contributed by atoms with E-state index in [1.165, 1.54) is 39.0 Å². The summed E-state index contributed by atoms with van der Waals surface area (Å²) in [5, 5.41) is 6.55. The van der Waals surface area contributed by atoms with Crippen LogP contribution in [0.2, 0.25) is 0 Å². The molecule has 3 fully saturated rings. The first-order valence-electron chi connectivity index (χ1n) is 9.54. The zero-order valence-electron chi connectivity index (χ0n) is 14.9. The zero-order valence-corrected chi connectivity index (χ0v) is 14.9. The standard InChI is InChI=1S/C20H28N2O3/c1-14(23)22-15-5-4-6-16(13-15)24-12-10-21-18-17-7-11-25-19(17)20(18)8-2-3-9-20/h4-6,13,17-19,21H,2-3,7-12H2,1H3,(H,22,23)/t17-,18+,19-/m0/s1. The fraction of sp³-hybridized carbons (Fsp3) is 0.650. The summed E-state index contributed by atoms with van der Waals surface area (Å²) >= 11 is 0. The lowest BCUT2D eigenvalue weighted by Gasteiger charge is -2.57. The summed E-state index contributed by atoms with van der Waals surface area (Å²) in [4.78, 5) is 11.1. The lowest BCUT2D eigenvalue weighted by molar-refractivity contribution is -0.130. The molecule has 5 heteroatoms. The minimum Gasteiger partial charge on any atom is -0.492 e. The van der Waals surface area contributed by atoms with E-state index in [-0.39, 0.29) is 5.91 Å². The van der Waals surface area contributed by atoms with Gasteiger partial charge in [0.15, 0.2) is 0 Å². The van der Waals surface area contributed by atoms with Crippen molar-refractivity contribution in [1.29, 1.82) is 0 Å². The Morgan fingerprint density at radius 3 is 3.00 bits per heavy atom. The van der Waals surface area contributed by atoms with E-state index in [2.05, 4.69) is 10.6 Å². The monoisotopic (exact) mass is 344 g/mol. The van der Waals surface area contributed by atoms with Crippen LogP contribution in [0.3, 0.4) is 0 Å². The molecule has 1 aromatic carbocycles. The molecule has 1 spiro atoms. The summed E-state index contributed by atoms with van der Waals surface area (Å²) in [6, 6.07) is 8.15. The molecule has 0 bridgehead atoms. The number of amides is 1. The average molecular weight is 344 g/mol. The Balaban J connectivity index is 1.27. The van der Waals surface area contributed by atoms with Gasteiger partial charge in [-0.1, -0.05) is 18.9 Å². The Hall–Kier alpha value is -1.59. The maximum Gasteiger partial charge on any atom is 0.221 e. The number of rotatable bonds is 6. The van der Waals surface area contributed by atoms with Crippen LogP contribution in [0.5, 0.6) is 5.75 Å². The first-order chi connectivity index (χ1) is 12.2. The van der Waals surface area contributed by atoms with E-state index in [0.717, 1.165) is 24.6 Å². The summed E-state index contributed by atoms with van der Waals surface area (Å²) in [6.07, 6.45) is 7.01. The maximum absolute atomic E-state index is 11.1. The number of hydrogen-bond acceptors (Lipinski definition) is 4. The van der Waals surface area contributed by atoms with Crippen molar-refractivity contribution in [3.63, 3.8) is 0 Å². The number of nitrogens with one attached hydrogen (secondary N) is 2. The average Bonchev–Trinajstić information content (AvgIpc) is 3.23. The highest BCUT2D eigenvalue weighted by molar-refractivity contribution is 5.88. The Kier molecular flexibility index (Phi) is 4.69. The summed E-state index contributed by atoms with van der Waals surface area (Å²) < 4.78 is 11.9. The quantitative estimate of drug-likeness (QED) is 0.779. The van der Waals surface area contributed by atoms with Gasteiger partial charge in [-0.3, -0.25) is 4.79 Å². The third-order valence-corrected chi connectivity index (χ3v) is 6.18. The molecule has 4 rings (SSSR count). The van der Waals surface area contributed by atoms with Crippen molar-refractivity contribution in [2.75, 3.05) is 25.1 Å². The van der Waals surface area contributed by atoms with Crippen molar-refractivity contribution >= 4 is 11.6 Å². The van der Waals surface area contributed by atoms with Gasteiger partial charge in [0.1, 0.15) is 12.4 Å². The van der Waals surface area contributed by atoms with Gasteiger partial charge in [0.2, 0.25) is 5.91 Å². The van der Waals surface area contributed by atoms with E-state index in [1.54, 1.807) is 0 Å². The molecule has 5 nitrogen and oxygen atoms in total. The number of anilines is 1. The molecule has 2 aliphatic carbocycles. The van der Waals surface area contributed by atoms with Crippen molar-refractivity contribution < 1.29 is 14.3 Å². The molecule has 136 valence electrons. The topological polar surface area (TPSA) is 59.6 Å². The van der Waals surface area contributed by atoms with Crippen LogP contribution < -0.4 is 15.4 Å². The van der Waals surface area contributed by atoms with Crippen LogP contribution in [0.1, 0.15) is 39.0 Å². The Bertz CT molecular complexity index is 627. The van der Waals surface area contributed by atoms with E-state index >= 15 is 0 Å². The number of ether oxygens (including phenoxy) is 2. The molecule has 2 N–H and O–H groups in total. The minimum absolute atomic E-state index is 0.0704. The van der Waals surface area contributed by atoms with Gasteiger partial charge in [-0.15, -0.1) is 0 Å². The van der Waals surface area contributed by atoms with Gasteiger partial charge in [-0.2, -0.15) is 0 Å². The molecule has 1 saturated heterocycles. The van der Waals surface area contributed by atoms with Gasteiger partial charge in [0.25, 0.3) is 0 Å². The fourth-order valence-electron chi connectivity index (χ4n) is 5.26. The van der Waals surface area contributed by atoms with Crippen molar-refractivity contribution in [2.24, 2.45) is 11.3 Å². The summed E-state index contributed by atoms with van der Waals surface area (Å²) in [5.41, 5.74) is 1.17. The Morgan fingerprint density at radius 1 is 1.36 bits per heavy atom. The highest BCUT2D eigenvalue weighted by Crippen LogP contribution is 2.60. The highest BCUT2D eigenvalue weighted by atomic mass is 16.5. The first-order valence-corrected chi connectivity index (χ1v) is 9.54. The predicted octanol–water partition coefficient (Wildman–Crippen LogP) is 2.96. The molecule has 3 atom stereocenters. The maximum atomic E-state index is 11.1. The Morgan fingerprint density at radius 2 is 2.20 bits per heavy atom. The van der Waals surface area contributed by atoms with Crippen LogP contribution in [0.4, 0.5) is 5.69 Å². The van der Waals surface area contributed by atoms with E-state index < -0.39 is 0 Å². The molecule has 1 aromatic rings. The summed E-state index contributed by atoms with van der Waals surface area (Å²) in [7, 11) is 0. The van der Waals surface area contributed by atoms with Gasteiger partial charge in [0, 0.05) is 49.2 Å². The van der Waals surface area contributed by atoms with Crippen LogP contribution >= 0.6 is 0 Å². The van der Waals surface area contributed by atoms with E-state index in [9.17, 15) is 4.79 Å². The molecule has 25 heavy (non-hydrogen) atoms.